The summed E-state index contributed by atoms with van der Waals surface area (Å²) in [5.74, 6) is 1.51. The minimum Gasteiger partial charge on any atom is -0.493 e. The van der Waals surface area contributed by atoms with Gasteiger partial charge < -0.3 is 14.8 Å². The smallest absolute Gasteiger partial charge is 0.230 e. The molecule has 0 aliphatic carbocycles. The van der Waals surface area contributed by atoms with Crippen LogP contribution in [0.3, 0.4) is 0 Å². The molecule has 2 aromatic heterocycles. The summed E-state index contributed by atoms with van der Waals surface area (Å²) in [6.07, 6.45) is 0.665. The summed E-state index contributed by atoms with van der Waals surface area (Å²) in [4.78, 5) is 12.3. The molecular weight excluding hydrogens is 445 g/mol. The Hall–Kier alpha value is -3.66. The molecule has 1 amide bonds. The summed E-state index contributed by atoms with van der Waals surface area (Å²) >= 11 is 1.30. The molecular formula is C23H22FN5O3S. The van der Waals surface area contributed by atoms with E-state index in [1.165, 1.54) is 23.9 Å². The molecule has 0 atom stereocenters. The predicted octanol–water partition coefficient (Wildman–Crippen LogP) is 3.40. The average molecular weight is 468 g/mol. The first kappa shape index (κ1) is 22.5. The van der Waals surface area contributed by atoms with Crippen LogP contribution in [0.5, 0.6) is 11.5 Å². The summed E-state index contributed by atoms with van der Waals surface area (Å²) in [6, 6.07) is 15.3. The van der Waals surface area contributed by atoms with Crippen molar-refractivity contribution >= 4 is 23.3 Å². The number of aromatic nitrogens is 4. The predicted molar refractivity (Wildman–Crippen MR) is 123 cm³/mol. The lowest BCUT2D eigenvalue weighted by Gasteiger charge is -2.10. The van der Waals surface area contributed by atoms with Crippen molar-refractivity contribution in [2.45, 2.75) is 11.4 Å². The maximum atomic E-state index is 13.6. The summed E-state index contributed by atoms with van der Waals surface area (Å²) in [5.41, 5.74) is 2.15. The van der Waals surface area contributed by atoms with Gasteiger partial charge in [0.15, 0.2) is 23.0 Å². The maximum absolute atomic E-state index is 13.6. The molecule has 0 radical (unpaired) electrons. The Morgan fingerprint density at radius 1 is 1.06 bits per heavy atom. The lowest BCUT2D eigenvalue weighted by molar-refractivity contribution is -0.118. The normalized spacial score (nSPS) is 10.9. The van der Waals surface area contributed by atoms with Crippen LogP contribution in [0.4, 0.5) is 4.39 Å². The quantitative estimate of drug-likeness (QED) is 0.377. The number of methoxy groups -OCH3 is 2. The van der Waals surface area contributed by atoms with E-state index >= 15 is 0 Å². The first-order chi connectivity index (χ1) is 16.1. The number of benzene rings is 2. The van der Waals surface area contributed by atoms with Crippen LogP contribution in [0.25, 0.3) is 17.0 Å². The van der Waals surface area contributed by atoms with Crippen molar-refractivity contribution in [1.82, 2.24) is 25.1 Å². The second kappa shape index (κ2) is 10.3. The Morgan fingerprint density at radius 2 is 1.91 bits per heavy atom. The highest BCUT2D eigenvalue weighted by atomic mass is 32.2. The molecule has 0 aliphatic heterocycles. The Balaban J connectivity index is 1.34. The Kier molecular flexibility index (Phi) is 7.04. The standard InChI is InChI=1S/C23H22FN5O3S/c1-31-18-7-6-15(12-19(18)32-2)10-11-25-21(30)14-33-22-9-8-20-26-27-23(29(20)28-22)16-4-3-5-17(24)13-16/h3-9,12-13H,10-11,14H2,1-2H3,(H,25,30). The summed E-state index contributed by atoms with van der Waals surface area (Å²) in [6.45, 7) is 0.497. The van der Waals surface area contributed by atoms with Gasteiger partial charge in [-0.05, 0) is 48.4 Å². The van der Waals surface area contributed by atoms with E-state index in [1.54, 1.807) is 43.0 Å². The fraction of sp³-hybridized carbons (Fsp3) is 0.217. The van der Waals surface area contributed by atoms with Gasteiger partial charge in [-0.25, -0.2) is 4.39 Å². The molecule has 0 bridgehead atoms. The molecule has 0 saturated heterocycles. The second-order valence-corrected chi connectivity index (χ2v) is 8.05. The van der Waals surface area contributed by atoms with E-state index < -0.39 is 0 Å². The van der Waals surface area contributed by atoms with Gasteiger partial charge in [-0.1, -0.05) is 30.0 Å². The average Bonchev–Trinajstić information content (AvgIpc) is 3.26. The van der Waals surface area contributed by atoms with Crippen LogP contribution in [-0.4, -0.2) is 52.2 Å². The third-order valence-electron chi connectivity index (χ3n) is 4.86. The number of ether oxygens (including phenoxy) is 2. The highest BCUT2D eigenvalue weighted by molar-refractivity contribution is 7.99. The molecule has 8 nitrogen and oxygen atoms in total. The number of rotatable bonds is 9. The Labute approximate surface area is 194 Å². The van der Waals surface area contributed by atoms with Gasteiger partial charge >= 0.3 is 0 Å². The number of carbonyl (C=O) groups excluding carboxylic acids is 1. The molecule has 0 fully saturated rings. The van der Waals surface area contributed by atoms with Crippen molar-refractivity contribution in [1.29, 1.82) is 0 Å². The molecule has 2 aromatic carbocycles. The third kappa shape index (κ3) is 5.40. The monoisotopic (exact) mass is 467 g/mol. The highest BCUT2D eigenvalue weighted by Crippen LogP contribution is 2.27. The molecule has 4 rings (SSSR count). The van der Waals surface area contributed by atoms with Gasteiger partial charge in [0.1, 0.15) is 10.8 Å². The van der Waals surface area contributed by atoms with Crippen LogP contribution in [0, 0.1) is 5.82 Å². The third-order valence-corrected chi connectivity index (χ3v) is 5.78. The number of amides is 1. The zero-order chi connectivity index (χ0) is 23.2. The maximum Gasteiger partial charge on any atom is 0.230 e. The van der Waals surface area contributed by atoms with E-state index in [2.05, 4.69) is 20.6 Å². The molecule has 170 valence electrons. The summed E-state index contributed by atoms with van der Waals surface area (Å²) in [5, 5.41) is 16.2. The number of hydrogen-bond donors (Lipinski definition) is 1. The lowest BCUT2D eigenvalue weighted by Crippen LogP contribution is -2.27. The van der Waals surface area contributed by atoms with Crippen molar-refractivity contribution in [3.63, 3.8) is 0 Å². The number of halogens is 1. The molecule has 0 saturated carbocycles. The van der Waals surface area contributed by atoms with Crippen LogP contribution in [0.1, 0.15) is 5.56 Å². The zero-order valence-electron chi connectivity index (χ0n) is 18.1. The minimum atomic E-state index is -0.362. The van der Waals surface area contributed by atoms with Gasteiger partial charge in [-0.3, -0.25) is 4.79 Å². The van der Waals surface area contributed by atoms with Crippen molar-refractivity contribution in [2.24, 2.45) is 0 Å². The molecule has 1 N–H and O–H groups in total. The minimum absolute atomic E-state index is 0.100. The van der Waals surface area contributed by atoms with Gasteiger partial charge in [-0.15, -0.1) is 10.2 Å². The first-order valence-corrected chi connectivity index (χ1v) is 11.1. The Morgan fingerprint density at radius 3 is 2.70 bits per heavy atom. The van der Waals surface area contributed by atoms with Gasteiger partial charge in [0.05, 0.1) is 20.0 Å². The number of hydrogen-bond acceptors (Lipinski definition) is 7. The Bertz CT molecular complexity index is 1280. The number of thioether (sulfide) groups is 1. The molecule has 0 unspecified atom stereocenters. The van der Waals surface area contributed by atoms with E-state index in [1.807, 2.05) is 18.2 Å². The van der Waals surface area contributed by atoms with Crippen LogP contribution in [-0.2, 0) is 11.2 Å². The fourth-order valence-electron chi connectivity index (χ4n) is 3.23. The topological polar surface area (TPSA) is 90.6 Å². The van der Waals surface area contributed by atoms with Gasteiger partial charge in [0.25, 0.3) is 0 Å². The summed E-state index contributed by atoms with van der Waals surface area (Å²) < 4.78 is 25.7. The SMILES string of the molecule is COc1ccc(CCNC(=O)CSc2ccc3nnc(-c4cccc(F)c4)n3n2)cc1OC. The second-order valence-electron chi connectivity index (χ2n) is 7.05. The molecule has 33 heavy (non-hydrogen) atoms. The van der Waals surface area contributed by atoms with E-state index in [9.17, 15) is 9.18 Å². The largest absolute Gasteiger partial charge is 0.493 e. The molecule has 4 aromatic rings. The molecule has 0 aliphatic rings. The number of nitrogens with one attached hydrogen (secondary N) is 1. The fourth-order valence-corrected chi connectivity index (χ4v) is 3.91. The van der Waals surface area contributed by atoms with E-state index in [0.717, 1.165) is 5.56 Å². The van der Waals surface area contributed by atoms with Crippen molar-refractivity contribution < 1.29 is 18.7 Å². The molecule has 0 spiro atoms. The number of carbonyl (C=O) groups is 1. The first-order valence-electron chi connectivity index (χ1n) is 10.2. The van der Waals surface area contributed by atoms with Crippen molar-refractivity contribution in [3.8, 4) is 22.9 Å². The van der Waals surface area contributed by atoms with E-state index in [-0.39, 0.29) is 17.5 Å². The number of nitrogens with zero attached hydrogens (tertiary/aromatic N) is 4. The summed E-state index contributed by atoms with van der Waals surface area (Å²) in [7, 11) is 3.18. The zero-order valence-corrected chi connectivity index (χ0v) is 18.9. The van der Waals surface area contributed by atoms with E-state index in [4.69, 9.17) is 9.47 Å². The highest BCUT2D eigenvalue weighted by Gasteiger charge is 2.12. The van der Waals surface area contributed by atoms with Gasteiger partial charge in [-0.2, -0.15) is 9.61 Å². The van der Waals surface area contributed by atoms with Crippen LogP contribution < -0.4 is 14.8 Å². The van der Waals surface area contributed by atoms with Crippen LogP contribution in [0.2, 0.25) is 0 Å². The van der Waals surface area contributed by atoms with E-state index in [0.29, 0.717) is 46.5 Å². The molecule has 2 heterocycles. The van der Waals surface area contributed by atoms with Crippen LogP contribution in [0.15, 0.2) is 59.6 Å². The van der Waals surface area contributed by atoms with Gasteiger partial charge in [0.2, 0.25) is 5.91 Å². The van der Waals surface area contributed by atoms with Crippen LogP contribution >= 0.6 is 11.8 Å². The van der Waals surface area contributed by atoms with Crippen molar-refractivity contribution in [3.05, 3.63) is 66.0 Å². The van der Waals surface area contributed by atoms with Gasteiger partial charge in [0, 0.05) is 12.1 Å². The lowest BCUT2D eigenvalue weighted by atomic mass is 10.1. The van der Waals surface area contributed by atoms with Crippen molar-refractivity contribution in [2.75, 3.05) is 26.5 Å². The number of fused-ring (bicyclic) bond motifs is 1. The molecule has 10 heteroatoms.